The topological polar surface area (TPSA) is 82.2 Å². The minimum Gasteiger partial charge on any atom is -0.353 e. The first-order valence-corrected chi connectivity index (χ1v) is 8.56. The third-order valence-electron chi connectivity index (χ3n) is 5.53. The highest BCUT2D eigenvalue weighted by molar-refractivity contribution is 6.14. The highest BCUT2D eigenvalue weighted by Crippen LogP contribution is 2.44. The molecule has 3 atom stereocenters. The van der Waals surface area contributed by atoms with E-state index >= 15 is 0 Å². The molecule has 3 N–H and O–H groups in total. The minimum absolute atomic E-state index is 0. The Labute approximate surface area is 163 Å². The van der Waals surface area contributed by atoms with E-state index in [0.29, 0.717) is 17.7 Å². The van der Waals surface area contributed by atoms with E-state index in [-0.39, 0.29) is 30.7 Å². The summed E-state index contributed by atoms with van der Waals surface area (Å²) in [6.45, 7) is 0. The van der Waals surface area contributed by atoms with Crippen LogP contribution < -0.4 is 10.6 Å². The minimum atomic E-state index is -0.154. The van der Waals surface area contributed by atoms with E-state index in [1.807, 2.05) is 24.4 Å². The van der Waals surface area contributed by atoms with Gasteiger partial charge < -0.3 is 10.3 Å². The Morgan fingerprint density at radius 1 is 1.23 bits per heavy atom. The molecule has 3 heterocycles. The van der Waals surface area contributed by atoms with Crippen LogP contribution in [0.15, 0.2) is 35.2 Å². The van der Waals surface area contributed by atoms with Crippen molar-refractivity contribution in [2.24, 2.45) is 16.8 Å². The van der Waals surface area contributed by atoms with Crippen molar-refractivity contribution >= 4 is 53.8 Å². The van der Waals surface area contributed by atoms with Gasteiger partial charge in [0.15, 0.2) is 0 Å². The van der Waals surface area contributed by atoms with Crippen LogP contribution in [0.3, 0.4) is 0 Å². The number of nitrogens with zero attached hydrogens (tertiary/aromatic N) is 2. The predicted octanol–water partition coefficient (Wildman–Crippen LogP) is 3.01. The van der Waals surface area contributed by atoms with Crippen molar-refractivity contribution < 1.29 is 4.79 Å². The van der Waals surface area contributed by atoms with Gasteiger partial charge >= 0.3 is 0 Å². The Hall–Kier alpha value is -2.05. The molecule has 2 aromatic heterocycles. The van der Waals surface area contributed by atoms with Gasteiger partial charge in [-0.2, -0.15) is 0 Å². The fourth-order valence-corrected chi connectivity index (χ4v) is 4.38. The summed E-state index contributed by atoms with van der Waals surface area (Å²) in [5.74, 6) is 2.04. The number of nitrogens with one attached hydrogen (secondary N) is 3. The van der Waals surface area contributed by atoms with Crippen molar-refractivity contribution in [1.29, 1.82) is 0 Å². The molecule has 0 unspecified atom stereocenters. The average Bonchev–Trinajstić information content (AvgIpc) is 3.34. The fraction of sp³-hybridized carbons (Fsp3) is 0.389. The second-order valence-corrected chi connectivity index (χ2v) is 7.01. The van der Waals surface area contributed by atoms with Crippen LogP contribution in [0.1, 0.15) is 31.2 Å². The maximum Gasteiger partial charge on any atom is 0.276 e. The first-order chi connectivity index (χ1) is 11.8. The van der Waals surface area contributed by atoms with Gasteiger partial charge in [-0.05, 0) is 49.3 Å². The average molecular weight is 394 g/mol. The number of hydrogen-bond acceptors (Lipinski definition) is 4. The molecule has 0 aromatic carbocycles. The summed E-state index contributed by atoms with van der Waals surface area (Å²) in [6.07, 6.45) is 10.6. The van der Waals surface area contributed by atoms with Gasteiger partial charge in [-0.3, -0.25) is 10.1 Å². The first-order valence-electron chi connectivity index (χ1n) is 8.56. The van der Waals surface area contributed by atoms with Gasteiger partial charge in [0.1, 0.15) is 11.3 Å². The van der Waals surface area contributed by atoms with E-state index in [1.54, 1.807) is 6.20 Å². The van der Waals surface area contributed by atoms with Crippen LogP contribution in [0.5, 0.6) is 0 Å². The fourth-order valence-electron chi connectivity index (χ4n) is 4.38. The van der Waals surface area contributed by atoms with Gasteiger partial charge in [-0.15, -0.1) is 24.8 Å². The molecule has 2 aliphatic carbocycles. The number of rotatable bonds is 2. The van der Waals surface area contributed by atoms with Crippen LogP contribution in [0, 0.1) is 11.8 Å². The van der Waals surface area contributed by atoms with Gasteiger partial charge in [0, 0.05) is 29.4 Å². The zero-order valence-corrected chi connectivity index (χ0v) is 15.7. The van der Waals surface area contributed by atoms with E-state index < -0.39 is 0 Å². The summed E-state index contributed by atoms with van der Waals surface area (Å²) >= 11 is 0. The number of guanidine groups is 1. The second-order valence-electron chi connectivity index (χ2n) is 7.01. The highest BCUT2D eigenvalue weighted by atomic mass is 35.5. The smallest absolute Gasteiger partial charge is 0.276 e. The predicted molar refractivity (Wildman–Crippen MR) is 107 cm³/mol. The normalized spacial score (nSPS) is 27.8. The van der Waals surface area contributed by atoms with E-state index in [4.69, 9.17) is 0 Å². The Kier molecular flexibility index (Phi) is 5.25. The summed E-state index contributed by atoms with van der Waals surface area (Å²) in [5, 5.41) is 7.29. The van der Waals surface area contributed by atoms with Crippen molar-refractivity contribution in [2.75, 3.05) is 0 Å². The molecular formula is C18H21Cl2N5O. The molecule has 2 saturated carbocycles. The standard InChI is InChI=1S/C18H19N5O.2ClH/c24-17-15(8-12-9-20-16-13(12)2-1-5-19-16)22-18(23-17)21-14-7-10-3-4-11(14)6-10;;/h1-2,5,8-11,14H,3-4,6-7H2,(H,19,20)(H2,21,22,23,24);2*1H/b15-8-;;/t10-,11+,14-;;/m1../s1. The van der Waals surface area contributed by atoms with Gasteiger partial charge in [-0.25, -0.2) is 9.98 Å². The maximum atomic E-state index is 12.2. The Morgan fingerprint density at radius 2 is 2.12 bits per heavy atom. The lowest BCUT2D eigenvalue weighted by molar-refractivity contribution is -0.115. The molecule has 0 saturated heterocycles. The summed E-state index contributed by atoms with van der Waals surface area (Å²) in [5.41, 5.74) is 2.17. The molecule has 1 aliphatic heterocycles. The molecule has 3 aliphatic rings. The molecule has 5 rings (SSSR count). The van der Waals surface area contributed by atoms with Crippen molar-refractivity contribution in [3.05, 3.63) is 35.8 Å². The number of carbonyl (C=O) groups excluding carboxylic acids is 1. The van der Waals surface area contributed by atoms with Crippen LogP contribution >= 0.6 is 24.8 Å². The molecule has 6 nitrogen and oxygen atoms in total. The number of pyridine rings is 1. The Bertz CT molecular complexity index is 891. The summed E-state index contributed by atoms with van der Waals surface area (Å²) in [7, 11) is 0. The van der Waals surface area contributed by atoms with E-state index in [2.05, 4.69) is 25.6 Å². The summed E-state index contributed by atoms with van der Waals surface area (Å²) < 4.78 is 0. The zero-order valence-electron chi connectivity index (χ0n) is 14.1. The number of aromatic nitrogens is 2. The Balaban J connectivity index is 0.000000980. The number of fused-ring (bicyclic) bond motifs is 3. The van der Waals surface area contributed by atoms with Crippen molar-refractivity contribution in [3.63, 3.8) is 0 Å². The molecule has 138 valence electrons. The first kappa shape index (κ1) is 18.7. The maximum absolute atomic E-state index is 12.2. The number of aromatic amines is 1. The molecule has 2 fully saturated rings. The summed E-state index contributed by atoms with van der Waals surface area (Å²) in [4.78, 5) is 24.1. The van der Waals surface area contributed by atoms with Crippen molar-refractivity contribution in [1.82, 2.24) is 20.6 Å². The van der Waals surface area contributed by atoms with Crippen LogP contribution in [-0.4, -0.2) is 27.9 Å². The summed E-state index contributed by atoms with van der Waals surface area (Å²) in [6, 6.07) is 4.33. The van der Waals surface area contributed by atoms with Gasteiger partial charge in [-0.1, -0.05) is 6.42 Å². The molecule has 0 radical (unpaired) electrons. The number of aliphatic imine (C=N–C) groups is 1. The number of halogens is 2. The molecule has 26 heavy (non-hydrogen) atoms. The number of H-pyrrole nitrogens is 1. The van der Waals surface area contributed by atoms with Crippen molar-refractivity contribution in [2.45, 2.75) is 31.7 Å². The number of hydrogen-bond donors (Lipinski definition) is 3. The molecule has 8 heteroatoms. The third-order valence-corrected chi connectivity index (χ3v) is 5.53. The van der Waals surface area contributed by atoms with Crippen LogP contribution in [-0.2, 0) is 4.79 Å². The number of carbonyl (C=O) groups is 1. The quantitative estimate of drug-likeness (QED) is 0.685. The van der Waals surface area contributed by atoms with E-state index in [1.165, 1.54) is 25.7 Å². The molecular weight excluding hydrogens is 373 g/mol. The zero-order chi connectivity index (χ0) is 16.1. The van der Waals surface area contributed by atoms with Gasteiger partial charge in [0.05, 0.1) is 0 Å². The number of amides is 1. The van der Waals surface area contributed by atoms with E-state index in [9.17, 15) is 4.79 Å². The Morgan fingerprint density at radius 3 is 2.88 bits per heavy atom. The molecule has 2 aromatic rings. The van der Waals surface area contributed by atoms with Gasteiger partial charge in [0.25, 0.3) is 5.91 Å². The SMILES string of the molecule is Cl.Cl.O=C1NC(N[C@@H]2C[C@@H]3CC[C@H]2C3)=N/C1=C\c1c[nH]c2ncccc12. The van der Waals surface area contributed by atoms with Crippen LogP contribution in [0.4, 0.5) is 0 Å². The molecule has 1 amide bonds. The lowest BCUT2D eigenvalue weighted by Gasteiger charge is -2.23. The van der Waals surface area contributed by atoms with Gasteiger partial charge in [0.2, 0.25) is 5.96 Å². The largest absolute Gasteiger partial charge is 0.353 e. The molecule has 0 spiro atoms. The van der Waals surface area contributed by atoms with Crippen molar-refractivity contribution in [3.8, 4) is 0 Å². The van der Waals surface area contributed by atoms with Crippen LogP contribution in [0.25, 0.3) is 17.1 Å². The van der Waals surface area contributed by atoms with Crippen LogP contribution in [0.2, 0.25) is 0 Å². The molecule has 2 bridgehead atoms. The highest BCUT2D eigenvalue weighted by Gasteiger charge is 2.40. The van der Waals surface area contributed by atoms with E-state index in [0.717, 1.165) is 28.4 Å². The lowest BCUT2D eigenvalue weighted by Crippen LogP contribution is -2.44. The third kappa shape index (κ3) is 3.19. The second kappa shape index (κ2) is 7.29. The monoisotopic (exact) mass is 393 g/mol. The lowest BCUT2D eigenvalue weighted by atomic mass is 9.95.